The molecule has 2 unspecified atom stereocenters. The van der Waals surface area contributed by atoms with Crippen LogP contribution in [0, 0.1) is 6.92 Å². The summed E-state index contributed by atoms with van der Waals surface area (Å²) < 4.78 is 5.18. The first-order valence-corrected chi connectivity index (χ1v) is 10.8. The van der Waals surface area contributed by atoms with Crippen molar-refractivity contribution in [3.05, 3.63) is 71.3 Å². The summed E-state index contributed by atoms with van der Waals surface area (Å²) in [6, 6.07) is 14.5. The average Bonchev–Trinajstić information content (AvgIpc) is 2.76. The molecule has 0 heterocycles. The Morgan fingerprint density at radius 1 is 1.03 bits per heavy atom. The normalized spacial score (nSPS) is 12.9. The lowest BCUT2D eigenvalue weighted by molar-refractivity contribution is -0.141. The number of alkyl carbamates (subject to hydrolysis) is 1. The fourth-order valence-corrected chi connectivity index (χ4v) is 3.19. The van der Waals surface area contributed by atoms with E-state index >= 15 is 0 Å². The maximum atomic E-state index is 13.2. The maximum Gasteiger partial charge on any atom is 0.408 e. The van der Waals surface area contributed by atoms with Crippen LogP contribution in [-0.4, -0.2) is 53.2 Å². The average molecular weight is 456 g/mol. The number of ether oxygens (including phenoxy) is 1. The Bertz CT molecular complexity index is 939. The molecule has 2 aromatic rings. The minimum absolute atomic E-state index is 0.295. The number of nitrogens with zero attached hydrogens (tertiary/aromatic N) is 1. The molecule has 0 aliphatic heterocycles. The number of aryl methyl sites for hydroxylation is 1. The summed E-state index contributed by atoms with van der Waals surface area (Å²) in [5, 5.41) is 15.0. The van der Waals surface area contributed by atoms with Crippen LogP contribution in [0.5, 0.6) is 0 Å². The number of hydrogen-bond acceptors (Lipinski definition) is 5. The predicted octanol–water partition coefficient (Wildman–Crippen LogP) is 2.70. The largest absolute Gasteiger partial charge is 0.444 e. The summed E-state index contributed by atoms with van der Waals surface area (Å²) in [5.41, 5.74) is 1.77. The van der Waals surface area contributed by atoms with Gasteiger partial charge in [0.1, 0.15) is 17.7 Å². The van der Waals surface area contributed by atoms with Gasteiger partial charge in [0.2, 0.25) is 11.8 Å². The van der Waals surface area contributed by atoms with Crippen molar-refractivity contribution in [2.75, 3.05) is 13.7 Å². The molecule has 8 heteroatoms. The standard InChI is InChI=1S/C25H33N3O5/c1-17-11-13-19(14-12-17)21(22(30)26-15-18-9-7-6-8-10-18)28(5)23(31)20(16-29)27-24(32)33-25(2,3)4/h6-14,20-21,29H,15-16H2,1-5H3,(H,26,30)(H,27,32). The van der Waals surface area contributed by atoms with Crippen molar-refractivity contribution in [3.63, 3.8) is 0 Å². The first-order chi connectivity index (χ1) is 15.5. The van der Waals surface area contributed by atoms with Crippen LogP contribution in [-0.2, 0) is 20.9 Å². The molecule has 33 heavy (non-hydrogen) atoms. The predicted molar refractivity (Wildman–Crippen MR) is 125 cm³/mol. The van der Waals surface area contributed by atoms with Gasteiger partial charge in [-0.1, -0.05) is 60.2 Å². The third-order valence-electron chi connectivity index (χ3n) is 4.86. The van der Waals surface area contributed by atoms with Gasteiger partial charge in [0.05, 0.1) is 6.61 Å². The molecule has 0 saturated carbocycles. The van der Waals surface area contributed by atoms with E-state index in [1.165, 1.54) is 11.9 Å². The Morgan fingerprint density at radius 2 is 1.64 bits per heavy atom. The number of likely N-dealkylation sites (N-methyl/N-ethyl adjacent to an activating group) is 1. The highest BCUT2D eigenvalue weighted by Crippen LogP contribution is 2.22. The van der Waals surface area contributed by atoms with Crippen molar-refractivity contribution in [2.45, 2.75) is 51.9 Å². The minimum atomic E-state index is -1.26. The van der Waals surface area contributed by atoms with Crippen LogP contribution in [0.4, 0.5) is 4.79 Å². The molecule has 2 atom stereocenters. The molecule has 8 nitrogen and oxygen atoms in total. The Kier molecular flexibility index (Phi) is 8.99. The van der Waals surface area contributed by atoms with Crippen molar-refractivity contribution in [1.29, 1.82) is 0 Å². The van der Waals surface area contributed by atoms with E-state index in [0.717, 1.165) is 11.1 Å². The Labute approximate surface area is 194 Å². The van der Waals surface area contributed by atoms with E-state index in [9.17, 15) is 19.5 Å². The molecule has 0 saturated heterocycles. The number of nitrogens with one attached hydrogen (secondary N) is 2. The molecular weight excluding hydrogens is 422 g/mol. The van der Waals surface area contributed by atoms with Gasteiger partial charge in [0.25, 0.3) is 0 Å². The molecule has 0 aliphatic rings. The maximum absolute atomic E-state index is 13.2. The fraction of sp³-hybridized carbons (Fsp3) is 0.400. The number of hydrogen-bond donors (Lipinski definition) is 3. The van der Waals surface area contributed by atoms with Gasteiger partial charge in [-0.15, -0.1) is 0 Å². The molecule has 178 valence electrons. The van der Waals surface area contributed by atoms with Gasteiger partial charge in [-0.05, 0) is 38.8 Å². The van der Waals surface area contributed by atoms with Crippen molar-refractivity contribution in [2.24, 2.45) is 0 Å². The monoisotopic (exact) mass is 455 g/mol. The van der Waals surface area contributed by atoms with Crippen LogP contribution in [0.3, 0.4) is 0 Å². The van der Waals surface area contributed by atoms with Gasteiger partial charge in [-0.2, -0.15) is 0 Å². The van der Waals surface area contributed by atoms with Gasteiger partial charge in [-0.25, -0.2) is 4.79 Å². The number of rotatable bonds is 8. The highest BCUT2D eigenvalue weighted by molar-refractivity contribution is 5.92. The first kappa shape index (κ1) is 25.9. The number of aliphatic hydroxyl groups excluding tert-OH is 1. The SMILES string of the molecule is Cc1ccc(C(C(=O)NCc2ccccc2)N(C)C(=O)C(CO)NC(=O)OC(C)(C)C)cc1. The third-order valence-corrected chi connectivity index (χ3v) is 4.86. The molecule has 0 bridgehead atoms. The van der Waals surface area contributed by atoms with Crippen LogP contribution < -0.4 is 10.6 Å². The Hall–Kier alpha value is -3.39. The molecule has 3 amide bonds. The van der Waals surface area contributed by atoms with Crippen LogP contribution in [0.1, 0.15) is 43.5 Å². The van der Waals surface area contributed by atoms with Crippen molar-refractivity contribution in [3.8, 4) is 0 Å². The lowest BCUT2D eigenvalue weighted by Crippen LogP contribution is -2.53. The minimum Gasteiger partial charge on any atom is -0.444 e. The smallest absolute Gasteiger partial charge is 0.408 e. The number of benzene rings is 2. The van der Waals surface area contributed by atoms with E-state index in [1.54, 1.807) is 32.9 Å². The molecule has 0 aliphatic carbocycles. The zero-order valence-corrected chi connectivity index (χ0v) is 19.8. The van der Waals surface area contributed by atoms with E-state index in [0.29, 0.717) is 12.1 Å². The van der Waals surface area contributed by atoms with Crippen molar-refractivity contribution in [1.82, 2.24) is 15.5 Å². The number of carbonyl (C=O) groups excluding carboxylic acids is 3. The van der Waals surface area contributed by atoms with Gasteiger partial charge < -0.3 is 25.4 Å². The zero-order chi connectivity index (χ0) is 24.6. The Morgan fingerprint density at radius 3 is 2.18 bits per heavy atom. The topological polar surface area (TPSA) is 108 Å². The summed E-state index contributed by atoms with van der Waals surface area (Å²) in [6.45, 7) is 6.66. The summed E-state index contributed by atoms with van der Waals surface area (Å²) in [6.07, 6.45) is -0.830. The van der Waals surface area contributed by atoms with Crippen molar-refractivity contribution < 1.29 is 24.2 Å². The van der Waals surface area contributed by atoms with E-state index in [-0.39, 0.29) is 5.91 Å². The second-order valence-electron chi connectivity index (χ2n) is 8.85. The molecular formula is C25H33N3O5. The molecule has 0 spiro atoms. The molecule has 0 fully saturated rings. The van der Waals surface area contributed by atoms with E-state index in [1.807, 2.05) is 49.4 Å². The van der Waals surface area contributed by atoms with E-state index in [4.69, 9.17) is 4.74 Å². The van der Waals surface area contributed by atoms with Crippen LogP contribution in [0.25, 0.3) is 0 Å². The second kappa shape index (κ2) is 11.5. The summed E-state index contributed by atoms with van der Waals surface area (Å²) >= 11 is 0. The van der Waals surface area contributed by atoms with E-state index < -0.39 is 36.3 Å². The fourth-order valence-electron chi connectivity index (χ4n) is 3.19. The quantitative estimate of drug-likeness (QED) is 0.567. The molecule has 2 rings (SSSR count). The molecule has 0 radical (unpaired) electrons. The third kappa shape index (κ3) is 7.91. The molecule has 3 N–H and O–H groups in total. The zero-order valence-electron chi connectivity index (χ0n) is 19.8. The molecule has 2 aromatic carbocycles. The van der Waals surface area contributed by atoms with Gasteiger partial charge in [-0.3, -0.25) is 9.59 Å². The summed E-state index contributed by atoms with van der Waals surface area (Å²) in [5.74, 6) is -1.00. The lowest BCUT2D eigenvalue weighted by Gasteiger charge is -2.31. The number of amides is 3. The van der Waals surface area contributed by atoms with Gasteiger partial charge >= 0.3 is 6.09 Å². The number of aliphatic hydroxyl groups is 1. The second-order valence-corrected chi connectivity index (χ2v) is 8.85. The van der Waals surface area contributed by atoms with Gasteiger partial charge in [0, 0.05) is 13.6 Å². The van der Waals surface area contributed by atoms with Crippen LogP contribution in [0.2, 0.25) is 0 Å². The Balaban J connectivity index is 2.23. The van der Waals surface area contributed by atoms with Crippen LogP contribution >= 0.6 is 0 Å². The first-order valence-electron chi connectivity index (χ1n) is 10.8. The van der Waals surface area contributed by atoms with E-state index in [2.05, 4.69) is 10.6 Å². The van der Waals surface area contributed by atoms with Gasteiger partial charge in [0.15, 0.2) is 0 Å². The summed E-state index contributed by atoms with van der Waals surface area (Å²) in [7, 11) is 1.47. The van der Waals surface area contributed by atoms with Crippen molar-refractivity contribution >= 4 is 17.9 Å². The highest BCUT2D eigenvalue weighted by Gasteiger charge is 2.33. The highest BCUT2D eigenvalue weighted by atomic mass is 16.6. The molecule has 0 aromatic heterocycles. The van der Waals surface area contributed by atoms with Crippen LogP contribution in [0.15, 0.2) is 54.6 Å². The number of carbonyl (C=O) groups is 3. The lowest BCUT2D eigenvalue weighted by atomic mass is 10.0. The summed E-state index contributed by atoms with van der Waals surface area (Å²) in [4.78, 5) is 39.7.